The van der Waals surface area contributed by atoms with Gasteiger partial charge in [-0.1, -0.05) is 64.1 Å². The molecule has 3 heterocycles. The lowest BCUT2D eigenvalue weighted by atomic mass is 9.98. The molecule has 5 amide bonds. The van der Waals surface area contributed by atoms with Crippen LogP contribution in [0.1, 0.15) is 57.4 Å². The minimum Gasteiger partial charge on any atom is -0.480 e. The Morgan fingerprint density at radius 1 is 0.656 bits per heavy atom. The van der Waals surface area contributed by atoms with Crippen LogP contribution in [0.4, 0.5) is 0 Å². The van der Waals surface area contributed by atoms with E-state index >= 15 is 0 Å². The Hall–Kier alpha value is -7.22. The van der Waals surface area contributed by atoms with Crippen molar-refractivity contribution in [2.75, 3.05) is 6.54 Å². The fraction of sp³-hybridized carbons (Fsp3) is 0.409. The SMILES string of the molecule is CC(C)[C@H](NC(=O)[C@H](Cc1c[nH]c2ccccc12)NC(=O)[C@H](Cc1cnc[nH]1)NC(=O)[C@@H](N)CCCN=C(N)N)C(=O)N[C@H](C(=O)N[C@@H](Cc1c[nH]c2ccccc12)C(=O)O)C(C)C. The largest absolute Gasteiger partial charge is 0.480 e. The Bertz CT molecular complexity index is 2420. The number of hydrogen-bond acceptors (Lipinski definition) is 9. The predicted molar refractivity (Wildman–Crippen MR) is 241 cm³/mol. The first-order valence-corrected chi connectivity index (χ1v) is 21.1. The van der Waals surface area contributed by atoms with Crippen molar-refractivity contribution in [3.05, 3.63) is 90.3 Å². The molecule has 0 radical (unpaired) electrons. The number of carboxylic acids is 1. The summed E-state index contributed by atoms with van der Waals surface area (Å²) in [5, 5.41) is 25.4. The zero-order valence-corrected chi connectivity index (χ0v) is 36.3. The number of aliphatic imine (C=N–C) groups is 1. The highest BCUT2D eigenvalue weighted by Crippen LogP contribution is 2.21. The molecule has 0 fully saturated rings. The van der Waals surface area contributed by atoms with Gasteiger partial charge in [0.25, 0.3) is 0 Å². The third kappa shape index (κ3) is 12.9. The Balaban J connectivity index is 1.34. The summed E-state index contributed by atoms with van der Waals surface area (Å²) in [7, 11) is 0. The van der Waals surface area contributed by atoms with E-state index in [0.29, 0.717) is 23.2 Å². The topological polar surface area (TPSA) is 333 Å². The molecule has 15 N–H and O–H groups in total. The van der Waals surface area contributed by atoms with E-state index in [-0.39, 0.29) is 38.2 Å². The van der Waals surface area contributed by atoms with Crippen molar-refractivity contribution >= 4 is 63.3 Å². The minimum absolute atomic E-state index is 0.0159. The average molecular weight is 882 g/mol. The van der Waals surface area contributed by atoms with Gasteiger partial charge in [-0.05, 0) is 47.9 Å². The Labute approximate surface area is 369 Å². The number of para-hydroxylation sites is 2. The zero-order valence-electron chi connectivity index (χ0n) is 36.3. The highest BCUT2D eigenvalue weighted by molar-refractivity contribution is 5.97. The Kier molecular flexibility index (Phi) is 16.6. The molecule has 0 aliphatic heterocycles. The van der Waals surface area contributed by atoms with E-state index < -0.39 is 83.6 Å². The number of nitrogens with two attached hydrogens (primary N) is 3. The quantitative estimate of drug-likeness (QED) is 0.0245. The van der Waals surface area contributed by atoms with Gasteiger partial charge < -0.3 is 63.8 Å². The number of aromatic nitrogens is 4. The second-order valence-corrected chi connectivity index (χ2v) is 16.4. The number of imidazole rings is 1. The summed E-state index contributed by atoms with van der Waals surface area (Å²) in [5.74, 6) is -5.80. The summed E-state index contributed by atoms with van der Waals surface area (Å²) < 4.78 is 0. The molecule has 6 atom stereocenters. The van der Waals surface area contributed by atoms with Crippen molar-refractivity contribution in [2.45, 2.75) is 96.1 Å². The van der Waals surface area contributed by atoms with E-state index in [1.807, 2.05) is 48.5 Å². The van der Waals surface area contributed by atoms with Gasteiger partial charge in [0.15, 0.2) is 5.96 Å². The van der Waals surface area contributed by atoms with E-state index in [1.165, 1.54) is 12.5 Å². The van der Waals surface area contributed by atoms with Crippen molar-refractivity contribution in [1.29, 1.82) is 0 Å². The summed E-state index contributed by atoms with van der Waals surface area (Å²) in [5.41, 5.74) is 20.5. The summed E-state index contributed by atoms with van der Waals surface area (Å²) in [4.78, 5) is 99.3. The number of carbonyl (C=O) groups is 6. The van der Waals surface area contributed by atoms with Crippen LogP contribution in [-0.2, 0) is 48.0 Å². The van der Waals surface area contributed by atoms with Gasteiger partial charge in [-0.15, -0.1) is 0 Å². The van der Waals surface area contributed by atoms with Crippen LogP contribution in [0.5, 0.6) is 0 Å². The number of H-pyrrole nitrogens is 3. The van der Waals surface area contributed by atoms with Crippen molar-refractivity contribution in [3.63, 3.8) is 0 Å². The lowest BCUT2D eigenvalue weighted by Crippen LogP contribution is -2.61. The third-order valence-corrected chi connectivity index (χ3v) is 10.9. The number of fused-ring (bicyclic) bond motifs is 2. The summed E-state index contributed by atoms with van der Waals surface area (Å²) in [6.07, 6.45) is 6.91. The number of guanidine groups is 1. The number of carboxylic acid groups (broad SMARTS) is 1. The van der Waals surface area contributed by atoms with Crippen LogP contribution in [0.15, 0.2) is 78.4 Å². The molecular formula is C44H59N13O7. The minimum atomic E-state index is -1.31. The molecule has 20 nitrogen and oxygen atoms in total. The van der Waals surface area contributed by atoms with Crippen LogP contribution in [-0.4, -0.2) is 109 Å². The van der Waals surface area contributed by atoms with Gasteiger partial charge in [-0.3, -0.25) is 29.0 Å². The average Bonchev–Trinajstić information content (AvgIpc) is 4.03. The maximum Gasteiger partial charge on any atom is 0.326 e. The first-order chi connectivity index (χ1) is 30.5. The molecule has 0 saturated carbocycles. The third-order valence-electron chi connectivity index (χ3n) is 10.9. The number of nitrogens with one attached hydrogen (secondary N) is 8. The lowest BCUT2D eigenvalue weighted by molar-refractivity contribution is -0.142. The van der Waals surface area contributed by atoms with Gasteiger partial charge in [0.1, 0.15) is 30.2 Å². The summed E-state index contributed by atoms with van der Waals surface area (Å²) in [6, 6.07) is 7.62. The second kappa shape index (κ2) is 22.2. The molecule has 342 valence electrons. The molecular weight excluding hydrogens is 823 g/mol. The maximum absolute atomic E-state index is 14.4. The number of benzene rings is 2. The molecule has 2 aromatic carbocycles. The number of rotatable bonds is 23. The number of hydrogen-bond donors (Lipinski definition) is 12. The maximum atomic E-state index is 14.4. The van der Waals surface area contributed by atoms with Crippen LogP contribution in [0.3, 0.4) is 0 Å². The fourth-order valence-electron chi connectivity index (χ4n) is 7.31. The van der Waals surface area contributed by atoms with E-state index in [1.54, 1.807) is 40.1 Å². The molecule has 64 heavy (non-hydrogen) atoms. The number of nitrogens with zero attached hydrogens (tertiary/aromatic N) is 2. The van der Waals surface area contributed by atoms with Crippen molar-refractivity contribution in [1.82, 2.24) is 46.5 Å². The Morgan fingerprint density at radius 3 is 1.67 bits per heavy atom. The number of aromatic amines is 3. The number of amides is 5. The van der Waals surface area contributed by atoms with E-state index in [9.17, 15) is 33.9 Å². The Morgan fingerprint density at radius 2 is 1.14 bits per heavy atom. The van der Waals surface area contributed by atoms with Gasteiger partial charge >= 0.3 is 5.97 Å². The normalized spacial score (nSPS) is 14.2. The molecule has 5 aromatic rings. The first-order valence-electron chi connectivity index (χ1n) is 21.1. The zero-order chi connectivity index (χ0) is 46.5. The summed E-state index contributed by atoms with van der Waals surface area (Å²) >= 11 is 0. The number of carbonyl (C=O) groups excluding carboxylic acids is 5. The van der Waals surface area contributed by atoms with Gasteiger partial charge in [0, 0.05) is 71.9 Å². The van der Waals surface area contributed by atoms with Gasteiger partial charge in [-0.25, -0.2) is 9.78 Å². The molecule has 0 bridgehead atoms. The second-order valence-electron chi connectivity index (χ2n) is 16.4. The van der Waals surface area contributed by atoms with Crippen molar-refractivity contribution in [3.8, 4) is 0 Å². The molecule has 0 aliphatic rings. The molecule has 0 aliphatic carbocycles. The van der Waals surface area contributed by atoms with Crippen molar-refractivity contribution < 1.29 is 33.9 Å². The van der Waals surface area contributed by atoms with Gasteiger partial charge in [-0.2, -0.15) is 0 Å². The van der Waals surface area contributed by atoms with E-state index in [0.717, 1.165) is 21.8 Å². The summed E-state index contributed by atoms with van der Waals surface area (Å²) in [6.45, 7) is 7.08. The molecule has 3 aromatic heterocycles. The van der Waals surface area contributed by atoms with Crippen LogP contribution >= 0.6 is 0 Å². The lowest BCUT2D eigenvalue weighted by Gasteiger charge is -2.29. The molecule has 0 saturated heterocycles. The van der Waals surface area contributed by atoms with Gasteiger partial charge in [0.2, 0.25) is 29.5 Å². The van der Waals surface area contributed by atoms with Crippen LogP contribution in [0.2, 0.25) is 0 Å². The monoisotopic (exact) mass is 881 g/mol. The van der Waals surface area contributed by atoms with Crippen LogP contribution in [0.25, 0.3) is 21.8 Å². The molecule has 20 heteroatoms. The first kappa shape index (κ1) is 47.8. The van der Waals surface area contributed by atoms with Crippen LogP contribution in [0, 0.1) is 11.8 Å². The number of aliphatic carboxylic acids is 1. The molecule has 0 spiro atoms. The predicted octanol–water partition coefficient (Wildman–Crippen LogP) is 0.602. The van der Waals surface area contributed by atoms with Crippen molar-refractivity contribution in [2.24, 2.45) is 34.0 Å². The van der Waals surface area contributed by atoms with E-state index in [2.05, 4.69) is 51.5 Å². The fourth-order valence-corrected chi connectivity index (χ4v) is 7.31. The molecule has 0 unspecified atom stereocenters. The standard InChI is InChI=1S/C44H59N13O7/c1-23(2)36(41(61)55-35(43(63)64)17-26-20-51-32-14-8-6-11-29(26)32)57-42(62)37(24(3)4)56-40(60)33(16-25-19-50-31-13-7-5-10-28(25)31)54-39(59)34(18-27-21-48-22-52-27)53-38(58)30(45)12-9-15-49-44(46)47/h5-8,10-11,13-14,19-24,30,33-37,50-51H,9,12,15-18,45H2,1-4H3,(H,48,52)(H,53,58)(H,54,59)(H,55,61)(H,56,60)(H,57,62)(H,63,64)(H4,46,47,49)/t30-,33-,34-,35-,36-,37-/m0/s1. The highest BCUT2D eigenvalue weighted by atomic mass is 16.4. The molecule has 5 rings (SSSR count). The van der Waals surface area contributed by atoms with Crippen LogP contribution < -0.4 is 43.8 Å². The van der Waals surface area contributed by atoms with Gasteiger partial charge in [0.05, 0.1) is 12.4 Å². The highest BCUT2D eigenvalue weighted by Gasteiger charge is 2.35. The van der Waals surface area contributed by atoms with E-state index in [4.69, 9.17) is 17.2 Å². The smallest absolute Gasteiger partial charge is 0.326 e.